The van der Waals surface area contributed by atoms with Crippen LogP contribution in [-0.4, -0.2) is 34.0 Å². The largest absolute Gasteiger partial charge is 0.377 e. The summed E-state index contributed by atoms with van der Waals surface area (Å²) >= 11 is 0. The summed E-state index contributed by atoms with van der Waals surface area (Å²) in [5.74, 6) is 2.20. The number of hydrogen-bond donors (Lipinski definition) is 1. The average Bonchev–Trinajstić information content (AvgIpc) is 2.72. The second kappa shape index (κ2) is 6.12. The highest BCUT2D eigenvalue weighted by molar-refractivity contribution is 4.98. The molecule has 2 heterocycles. The fraction of sp³-hybridized carbons (Fsp3) is 0.833. The average molecular weight is 238 g/mol. The van der Waals surface area contributed by atoms with E-state index in [-0.39, 0.29) is 0 Å². The maximum Gasteiger partial charge on any atom is 0.147 e. The zero-order chi connectivity index (χ0) is 12.1. The zero-order valence-corrected chi connectivity index (χ0v) is 10.8. The first-order chi connectivity index (χ1) is 8.27. The van der Waals surface area contributed by atoms with Crippen molar-refractivity contribution in [2.75, 3.05) is 13.2 Å². The first-order valence-corrected chi connectivity index (χ1v) is 6.50. The molecule has 0 bridgehead atoms. The van der Waals surface area contributed by atoms with E-state index in [2.05, 4.69) is 33.9 Å². The number of aromatic nitrogens is 3. The molecule has 1 aromatic heterocycles. The van der Waals surface area contributed by atoms with E-state index in [1.807, 2.05) is 0 Å². The molecule has 17 heavy (non-hydrogen) atoms. The highest BCUT2D eigenvalue weighted by atomic mass is 16.5. The summed E-state index contributed by atoms with van der Waals surface area (Å²) in [4.78, 5) is 0. The van der Waals surface area contributed by atoms with Crippen molar-refractivity contribution in [2.45, 2.75) is 52.3 Å². The van der Waals surface area contributed by atoms with Crippen molar-refractivity contribution in [2.24, 2.45) is 0 Å². The van der Waals surface area contributed by atoms with Crippen molar-refractivity contribution in [3.63, 3.8) is 0 Å². The lowest BCUT2D eigenvalue weighted by Crippen LogP contribution is -2.23. The van der Waals surface area contributed by atoms with Crippen LogP contribution >= 0.6 is 0 Å². The lowest BCUT2D eigenvalue weighted by Gasteiger charge is -2.15. The molecule has 0 saturated heterocycles. The Hall–Kier alpha value is -0.940. The quantitative estimate of drug-likeness (QED) is 0.755. The SMILES string of the molecule is CC(C)OCCNCc1nnc2n1CCCC2. The minimum Gasteiger partial charge on any atom is -0.377 e. The summed E-state index contributed by atoms with van der Waals surface area (Å²) < 4.78 is 7.72. The van der Waals surface area contributed by atoms with E-state index in [0.717, 1.165) is 44.3 Å². The van der Waals surface area contributed by atoms with Crippen molar-refractivity contribution in [3.05, 3.63) is 11.6 Å². The topological polar surface area (TPSA) is 52.0 Å². The third-order valence-electron chi connectivity index (χ3n) is 2.95. The number of ether oxygens (including phenoxy) is 1. The third-order valence-corrected chi connectivity index (χ3v) is 2.95. The molecule has 1 aliphatic rings. The van der Waals surface area contributed by atoms with Crippen LogP contribution in [0.4, 0.5) is 0 Å². The number of hydrogen-bond acceptors (Lipinski definition) is 4. The summed E-state index contributed by atoms with van der Waals surface area (Å²) in [6, 6.07) is 0. The molecular weight excluding hydrogens is 216 g/mol. The van der Waals surface area contributed by atoms with Crippen molar-refractivity contribution in [1.29, 1.82) is 0 Å². The van der Waals surface area contributed by atoms with Gasteiger partial charge in [0.2, 0.25) is 0 Å². The Labute approximate surface area is 103 Å². The number of aryl methyl sites for hydroxylation is 1. The standard InChI is InChI=1S/C12H22N4O/c1-10(2)17-8-6-13-9-12-15-14-11-5-3-4-7-16(11)12/h10,13H,3-9H2,1-2H3. The van der Waals surface area contributed by atoms with E-state index in [0.29, 0.717) is 6.10 Å². The van der Waals surface area contributed by atoms with Crippen LogP contribution in [0.2, 0.25) is 0 Å². The molecule has 96 valence electrons. The maximum absolute atomic E-state index is 5.47. The van der Waals surface area contributed by atoms with Gasteiger partial charge < -0.3 is 14.6 Å². The van der Waals surface area contributed by atoms with Gasteiger partial charge in [-0.25, -0.2) is 0 Å². The molecular formula is C12H22N4O. The zero-order valence-electron chi connectivity index (χ0n) is 10.8. The maximum atomic E-state index is 5.47. The molecule has 0 fully saturated rings. The van der Waals surface area contributed by atoms with Crippen molar-refractivity contribution in [3.8, 4) is 0 Å². The van der Waals surface area contributed by atoms with E-state index >= 15 is 0 Å². The van der Waals surface area contributed by atoms with Crippen LogP contribution < -0.4 is 5.32 Å². The first kappa shape index (κ1) is 12.5. The van der Waals surface area contributed by atoms with E-state index in [4.69, 9.17) is 4.74 Å². The summed E-state index contributed by atoms with van der Waals surface area (Å²) in [5.41, 5.74) is 0. The lowest BCUT2D eigenvalue weighted by atomic mass is 10.2. The van der Waals surface area contributed by atoms with Gasteiger partial charge in [0.15, 0.2) is 0 Å². The van der Waals surface area contributed by atoms with Gasteiger partial charge in [-0.05, 0) is 26.7 Å². The van der Waals surface area contributed by atoms with Crippen molar-refractivity contribution < 1.29 is 4.74 Å². The van der Waals surface area contributed by atoms with Gasteiger partial charge in [-0.2, -0.15) is 0 Å². The molecule has 5 nitrogen and oxygen atoms in total. The number of nitrogens with one attached hydrogen (secondary N) is 1. The van der Waals surface area contributed by atoms with Gasteiger partial charge in [-0.1, -0.05) is 0 Å². The molecule has 0 atom stereocenters. The highest BCUT2D eigenvalue weighted by Crippen LogP contribution is 2.13. The first-order valence-electron chi connectivity index (χ1n) is 6.50. The summed E-state index contributed by atoms with van der Waals surface area (Å²) in [6.45, 7) is 7.57. The molecule has 0 unspecified atom stereocenters. The molecule has 0 spiro atoms. The predicted molar refractivity (Wildman–Crippen MR) is 65.8 cm³/mol. The number of nitrogens with zero attached hydrogens (tertiary/aromatic N) is 3. The Morgan fingerprint density at radius 2 is 2.24 bits per heavy atom. The lowest BCUT2D eigenvalue weighted by molar-refractivity contribution is 0.0806. The predicted octanol–water partition coefficient (Wildman–Crippen LogP) is 1.13. The van der Waals surface area contributed by atoms with Crippen molar-refractivity contribution in [1.82, 2.24) is 20.1 Å². The minimum atomic E-state index is 0.303. The van der Waals surface area contributed by atoms with E-state index < -0.39 is 0 Å². The van der Waals surface area contributed by atoms with Crippen LogP contribution in [0, 0.1) is 0 Å². The Bertz CT molecular complexity index is 348. The van der Waals surface area contributed by atoms with Crippen LogP contribution in [0.25, 0.3) is 0 Å². The molecule has 1 aliphatic heterocycles. The van der Waals surface area contributed by atoms with Crippen LogP contribution in [0.5, 0.6) is 0 Å². The fourth-order valence-electron chi connectivity index (χ4n) is 2.07. The summed E-state index contributed by atoms with van der Waals surface area (Å²) in [5, 5.41) is 11.8. The van der Waals surface area contributed by atoms with Gasteiger partial charge in [-0.3, -0.25) is 0 Å². The van der Waals surface area contributed by atoms with E-state index in [1.54, 1.807) is 0 Å². The van der Waals surface area contributed by atoms with Gasteiger partial charge in [0.05, 0.1) is 19.3 Å². The number of fused-ring (bicyclic) bond motifs is 1. The molecule has 1 aromatic rings. The normalized spacial score (nSPS) is 15.2. The Balaban J connectivity index is 1.74. The third kappa shape index (κ3) is 3.51. The Morgan fingerprint density at radius 1 is 1.35 bits per heavy atom. The van der Waals surface area contributed by atoms with E-state index in [1.165, 1.54) is 12.8 Å². The van der Waals surface area contributed by atoms with Gasteiger partial charge in [0.1, 0.15) is 11.6 Å². The Kier molecular flexibility index (Phi) is 4.50. The molecule has 2 rings (SSSR count). The van der Waals surface area contributed by atoms with Crippen LogP contribution in [-0.2, 0) is 24.2 Å². The summed E-state index contributed by atoms with van der Waals surface area (Å²) in [7, 11) is 0. The smallest absolute Gasteiger partial charge is 0.147 e. The second-order valence-electron chi connectivity index (χ2n) is 4.74. The molecule has 0 aliphatic carbocycles. The Morgan fingerprint density at radius 3 is 3.06 bits per heavy atom. The highest BCUT2D eigenvalue weighted by Gasteiger charge is 2.14. The summed E-state index contributed by atoms with van der Waals surface area (Å²) in [6.07, 6.45) is 3.86. The molecule has 0 aromatic carbocycles. The van der Waals surface area contributed by atoms with E-state index in [9.17, 15) is 0 Å². The second-order valence-corrected chi connectivity index (χ2v) is 4.74. The van der Waals surface area contributed by atoms with Gasteiger partial charge in [0.25, 0.3) is 0 Å². The van der Waals surface area contributed by atoms with Crippen LogP contribution in [0.3, 0.4) is 0 Å². The van der Waals surface area contributed by atoms with Gasteiger partial charge >= 0.3 is 0 Å². The van der Waals surface area contributed by atoms with Crippen LogP contribution in [0.1, 0.15) is 38.3 Å². The van der Waals surface area contributed by atoms with Crippen LogP contribution in [0.15, 0.2) is 0 Å². The molecule has 0 radical (unpaired) electrons. The fourth-order valence-corrected chi connectivity index (χ4v) is 2.07. The van der Waals surface area contributed by atoms with Gasteiger partial charge in [0, 0.05) is 19.5 Å². The number of rotatable bonds is 6. The monoisotopic (exact) mass is 238 g/mol. The minimum absolute atomic E-state index is 0.303. The van der Waals surface area contributed by atoms with Gasteiger partial charge in [-0.15, -0.1) is 10.2 Å². The molecule has 0 amide bonds. The molecule has 1 N–H and O–H groups in total. The molecule has 5 heteroatoms. The molecule has 0 saturated carbocycles. The van der Waals surface area contributed by atoms with Crippen molar-refractivity contribution >= 4 is 0 Å².